The summed E-state index contributed by atoms with van der Waals surface area (Å²) >= 11 is 0. The molecule has 67 heavy (non-hydrogen) atoms. The van der Waals surface area contributed by atoms with Crippen LogP contribution >= 0.6 is 0 Å². The highest BCUT2D eigenvalue weighted by Gasteiger charge is 2.19. The van der Waals surface area contributed by atoms with Crippen molar-refractivity contribution >= 4 is 17.9 Å². The molecule has 0 saturated carbocycles. The van der Waals surface area contributed by atoms with Gasteiger partial charge in [0.1, 0.15) is 13.2 Å². The van der Waals surface area contributed by atoms with Gasteiger partial charge in [-0.05, 0) is 109 Å². The van der Waals surface area contributed by atoms with E-state index in [-0.39, 0.29) is 31.1 Å². The molecule has 0 aliphatic heterocycles. The third-order valence-corrected chi connectivity index (χ3v) is 12.2. The minimum Gasteiger partial charge on any atom is -0.462 e. The maximum atomic E-state index is 12.9. The molecule has 0 bridgehead atoms. The number of allylic oxidation sites excluding steroid dienone is 12. The molecule has 0 rings (SSSR count). The average Bonchev–Trinajstić information content (AvgIpc) is 3.33. The minimum atomic E-state index is -0.788. The van der Waals surface area contributed by atoms with Crippen LogP contribution in [0.25, 0.3) is 0 Å². The highest BCUT2D eigenvalue weighted by Crippen LogP contribution is 2.15. The zero-order valence-corrected chi connectivity index (χ0v) is 44.2. The predicted molar refractivity (Wildman–Crippen MR) is 288 cm³/mol. The number of ether oxygens (including phenoxy) is 3. The average molecular weight is 936 g/mol. The number of hydrogen-bond acceptors (Lipinski definition) is 6. The molecule has 0 aromatic carbocycles. The van der Waals surface area contributed by atoms with E-state index in [2.05, 4.69) is 93.7 Å². The zero-order chi connectivity index (χ0) is 48.6. The first-order valence-corrected chi connectivity index (χ1v) is 28.4. The van der Waals surface area contributed by atoms with Gasteiger partial charge < -0.3 is 14.2 Å². The molecule has 0 heterocycles. The molecule has 0 radical (unpaired) electrons. The van der Waals surface area contributed by atoms with E-state index in [0.29, 0.717) is 19.3 Å². The molecule has 0 spiro atoms. The van der Waals surface area contributed by atoms with Crippen LogP contribution in [0, 0.1) is 0 Å². The van der Waals surface area contributed by atoms with Crippen molar-refractivity contribution < 1.29 is 28.6 Å². The Balaban J connectivity index is 4.42. The smallest absolute Gasteiger partial charge is 0.306 e. The van der Waals surface area contributed by atoms with E-state index in [4.69, 9.17) is 14.2 Å². The molecule has 0 aliphatic rings. The molecule has 6 nitrogen and oxygen atoms in total. The Kier molecular flexibility index (Phi) is 52.8. The normalized spacial score (nSPS) is 12.6. The van der Waals surface area contributed by atoms with E-state index in [1.165, 1.54) is 128 Å². The topological polar surface area (TPSA) is 78.9 Å². The van der Waals surface area contributed by atoms with Gasteiger partial charge in [-0.3, -0.25) is 14.4 Å². The Labute approximate surface area is 414 Å². The first-order valence-electron chi connectivity index (χ1n) is 28.4. The van der Waals surface area contributed by atoms with Gasteiger partial charge in [0.2, 0.25) is 0 Å². The number of rotatable bonds is 51. The molecule has 0 amide bonds. The molecular weight excluding hydrogens is 829 g/mol. The molecule has 0 fully saturated rings. The SMILES string of the molecule is CC/C=C/C/C=C/C/C=C/CCCCCCCC(=O)OC[C@H](COC(=O)CCCCCCCCC/C=C/C/C=C/CCCCC)OC(=O)CCCCCCCCC/C=C/CCCCCCCC. The van der Waals surface area contributed by atoms with Crippen molar-refractivity contribution in [2.75, 3.05) is 13.2 Å². The summed E-state index contributed by atoms with van der Waals surface area (Å²) < 4.78 is 16.8. The van der Waals surface area contributed by atoms with E-state index in [1.54, 1.807) is 0 Å². The monoisotopic (exact) mass is 935 g/mol. The third-order valence-electron chi connectivity index (χ3n) is 12.2. The highest BCUT2D eigenvalue weighted by atomic mass is 16.6. The van der Waals surface area contributed by atoms with Crippen LogP contribution in [0.4, 0.5) is 0 Å². The molecule has 6 heteroatoms. The highest BCUT2D eigenvalue weighted by molar-refractivity contribution is 5.71. The number of unbranched alkanes of at least 4 members (excludes halogenated alkanes) is 28. The maximum Gasteiger partial charge on any atom is 0.306 e. The molecular formula is C61H106O6. The van der Waals surface area contributed by atoms with Gasteiger partial charge in [0.25, 0.3) is 0 Å². The van der Waals surface area contributed by atoms with Gasteiger partial charge in [-0.1, -0.05) is 222 Å². The van der Waals surface area contributed by atoms with Crippen molar-refractivity contribution in [3.8, 4) is 0 Å². The standard InChI is InChI=1S/C61H106O6/c1-4-7-10-13-16-19-22-25-28-30-33-36-39-42-45-48-51-54-60(63)66-57-58(56-65-59(62)53-50-47-44-41-38-35-32-27-24-21-18-15-12-9-6-3)67-61(64)55-52-49-46-43-40-37-34-31-29-26-23-20-17-14-11-8-5-2/h9,12,16,18-19,21,25-29,32,58H,4-8,10-11,13-15,17,20,22-24,30-31,33-57H2,1-3H3/b12-9+,19-16+,21-18+,28-25+,29-26+,32-27+/t58-/m1/s1. The quantitative estimate of drug-likeness (QED) is 0.0262. The van der Waals surface area contributed by atoms with Crippen molar-refractivity contribution in [3.05, 3.63) is 72.9 Å². The minimum absolute atomic E-state index is 0.0865. The van der Waals surface area contributed by atoms with Crippen LogP contribution in [0.1, 0.15) is 278 Å². The van der Waals surface area contributed by atoms with Crippen LogP contribution in [0.15, 0.2) is 72.9 Å². The molecule has 0 aromatic heterocycles. The van der Waals surface area contributed by atoms with Crippen LogP contribution in [-0.4, -0.2) is 37.2 Å². The Morgan fingerprint density at radius 3 is 0.955 bits per heavy atom. The summed E-state index contributed by atoms with van der Waals surface area (Å²) in [6.45, 7) is 6.49. The first-order chi connectivity index (χ1) is 33.0. The van der Waals surface area contributed by atoms with Crippen LogP contribution in [-0.2, 0) is 28.6 Å². The summed E-state index contributed by atoms with van der Waals surface area (Å²) in [6, 6.07) is 0. The Morgan fingerprint density at radius 2 is 0.582 bits per heavy atom. The molecule has 0 N–H and O–H groups in total. The third kappa shape index (κ3) is 53.7. The largest absolute Gasteiger partial charge is 0.462 e. The fourth-order valence-corrected chi connectivity index (χ4v) is 7.89. The lowest BCUT2D eigenvalue weighted by atomic mass is 10.1. The second-order valence-corrected chi connectivity index (χ2v) is 18.8. The van der Waals surface area contributed by atoms with Crippen LogP contribution in [0.3, 0.4) is 0 Å². The lowest BCUT2D eigenvalue weighted by Gasteiger charge is -2.18. The van der Waals surface area contributed by atoms with E-state index >= 15 is 0 Å². The lowest BCUT2D eigenvalue weighted by Crippen LogP contribution is -2.30. The summed E-state index contributed by atoms with van der Waals surface area (Å²) in [5, 5.41) is 0. The summed E-state index contributed by atoms with van der Waals surface area (Å²) in [5.41, 5.74) is 0. The maximum absolute atomic E-state index is 12.9. The zero-order valence-electron chi connectivity index (χ0n) is 44.2. The van der Waals surface area contributed by atoms with Gasteiger partial charge in [0, 0.05) is 19.3 Å². The molecule has 0 aliphatic carbocycles. The fraction of sp³-hybridized carbons (Fsp3) is 0.754. The van der Waals surface area contributed by atoms with Crippen LogP contribution in [0.2, 0.25) is 0 Å². The van der Waals surface area contributed by atoms with Gasteiger partial charge in [-0.25, -0.2) is 0 Å². The van der Waals surface area contributed by atoms with Gasteiger partial charge in [-0.2, -0.15) is 0 Å². The van der Waals surface area contributed by atoms with E-state index in [1.807, 2.05) is 0 Å². The second kappa shape index (κ2) is 55.4. The van der Waals surface area contributed by atoms with Crippen molar-refractivity contribution in [1.29, 1.82) is 0 Å². The molecule has 0 saturated heterocycles. The van der Waals surface area contributed by atoms with Gasteiger partial charge >= 0.3 is 17.9 Å². The van der Waals surface area contributed by atoms with Crippen molar-refractivity contribution in [2.24, 2.45) is 0 Å². The Hall–Kier alpha value is -3.15. The predicted octanol–water partition coefficient (Wildman–Crippen LogP) is 19.0. The first kappa shape index (κ1) is 63.8. The summed E-state index contributed by atoms with van der Waals surface area (Å²) in [7, 11) is 0. The number of hydrogen-bond donors (Lipinski definition) is 0. The van der Waals surface area contributed by atoms with Crippen LogP contribution < -0.4 is 0 Å². The summed E-state index contributed by atoms with van der Waals surface area (Å²) in [6.07, 6.45) is 70.3. The van der Waals surface area contributed by atoms with Crippen LogP contribution in [0.5, 0.6) is 0 Å². The summed E-state index contributed by atoms with van der Waals surface area (Å²) in [5.74, 6) is -0.908. The molecule has 386 valence electrons. The van der Waals surface area contributed by atoms with Crippen molar-refractivity contribution in [2.45, 2.75) is 284 Å². The van der Waals surface area contributed by atoms with E-state index < -0.39 is 6.10 Å². The van der Waals surface area contributed by atoms with E-state index in [9.17, 15) is 14.4 Å². The van der Waals surface area contributed by atoms with E-state index in [0.717, 1.165) is 109 Å². The molecule has 0 unspecified atom stereocenters. The Morgan fingerprint density at radius 1 is 0.313 bits per heavy atom. The second-order valence-electron chi connectivity index (χ2n) is 18.8. The summed E-state index contributed by atoms with van der Waals surface area (Å²) in [4.78, 5) is 38.1. The number of esters is 3. The van der Waals surface area contributed by atoms with Crippen molar-refractivity contribution in [3.63, 3.8) is 0 Å². The lowest BCUT2D eigenvalue weighted by molar-refractivity contribution is -0.167. The number of carbonyl (C=O) groups is 3. The van der Waals surface area contributed by atoms with Crippen molar-refractivity contribution in [1.82, 2.24) is 0 Å². The fourth-order valence-electron chi connectivity index (χ4n) is 7.89. The van der Waals surface area contributed by atoms with Gasteiger partial charge in [0.15, 0.2) is 6.10 Å². The van der Waals surface area contributed by atoms with Gasteiger partial charge in [0.05, 0.1) is 0 Å². The molecule has 1 atom stereocenters. The van der Waals surface area contributed by atoms with Gasteiger partial charge in [-0.15, -0.1) is 0 Å². The number of carbonyl (C=O) groups excluding carboxylic acids is 3. The molecule has 0 aromatic rings. The Bertz CT molecular complexity index is 1260.